The summed E-state index contributed by atoms with van der Waals surface area (Å²) >= 11 is 6.38. The van der Waals surface area contributed by atoms with Crippen LogP contribution >= 0.6 is 11.6 Å². The summed E-state index contributed by atoms with van der Waals surface area (Å²) < 4.78 is 0. The maximum absolute atomic E-state index is 13.4. The van der Waals surface area contributed by atoms with Crippen molar-refractivity contribution >= 4 is 23.4 Å². The van der Waals surface area contributed by atoms with Gasteiger partial charge in [-0.1, -0.05) is 72.8 Å². The second kappa shape index (κ2) is 10.8. The molecular formula is C26H33ClN2O2. The molecule has 2 amide bonds. The third kappa shape index (κ3) is 6.33. The van der Waals surface area contributed by atoms with Crippen LogP contribution in [0.5, 0.6) is 0 Å². The number of rotatable bonds is 7. The van der Waals surface area contributed by atoms with Gasteiger partial charge in [-0.25, -0.2) is 0 Å². The molecule has 0 aromatic heterocycles. The van der Waals surface area contributed by atoms with Crippen LogP contribution in [0.4, 0.5) is 0 Å². The van der Waals surface area contributed by atoms with Crippen molar-refractivity contribution in [3.05, 3.63) is 69.7 Å². The van der Waals surface area contributed by atoms with Crippen molar-refractivity contribution in [3.63, 3.8) is 0 Å². The normalized spacial score (nSPS) is 15.4. The van der Waals surface area contributed by atoms with Crippen LogP contribution in [0.1, 0.15) is 61.3 Å². The molecule has 1 aliphatic rings. The summed E-state index contributed by atoms with van der Waals surface area (Å²) in [6, 6.07) is 13.3. The van der Waals surface area contributed by atoms with Crippen molar-refractivity contribution in [1.29, 1.82) is 0 Å². The van der Waals surface area contributed by atoms with E-state index in [1.807, 2.05) is 63.2 Å². The molecular weight excluding hydrogens is 408 g/mol. The van der Waals surface area contributed by atoms with Crippen LogP contribution in [0.2, 0.25) is 5.02 Å². The Hall–Kier alpha value is -2.33. The van der Waals surface area contributed by atoms with E-state index in [1.165, 1.54) is 6.42 Å². The molecule has 5 heteroatoms. The fraction of sp³-hybridized carbons (Fsp3) is 0.462. The molecule has 0 bridgehead atoms. The largest absolute Gasteiger partial charge is 0.352 e. The second-order valence-corrected chi connectivity index (χ2v) is 9.15. The standard InChI is InChI=1S/C26H33ClN2O2/c1-18-13-14-19(2)22(15-18)16-25(30)29(17-21-9-7-8-12-24(21)27)20(3)26(31)28-23-10-5-4-6-11-23/h7-9,12-15,20,23H,4-6,10-11,16-17H2,1-3H3,(H,28,31)/t20-/m1/s1. The number of benzene rings is 2. The summed E-state index contributed by atoms with van der Waals surface area (Å²) in [5, 5.41) is 3.78. The fourth-order valence-electron chi connectivity index (χ4n) is 4.22. The number of nitrogens with zero attached hydrogens (tertiary/aromatic N) is 1. The first-order valence-corrected chi connectivity index (χ1v) is 11.6. The molecule has 166 valence electrons. The van der Waals surface area contributed by atoms with E-state index < -0.39 is 6.04 Å². The highest BCUT2D eigenvalue weighted by atomic mass is 35.5. The lowest BCUT2D eigenvalue weighted by atomic mass is 9.95. The Labute approximate surface area is 191 Å². The first-order valence-electron chi connectivity index (χ1n) is 11.2. The molecule has 0 aliphatic heterocycles. The van der Waals surface area contributed by atoms with Gasteiger partial charge in [0.15, 0.2) is 0 Å². The molecule has 3 rings (SSSR count). The molecule has 0 heterocycles. The highest BCUT2D eigenvalue weighted by Gasteiger charge is 2.28. The highest BCUT2D eigenvalue weighted by molar-refractivity contribution is 6.31. The number of carbonyl (C=O) groups excluding carboxylic acids is 2. The number of aryl methyl sites for hydroxylation is 2. The average molecular weight is 441 g/mol. The van der Waals surface area contributed by atoms with Gasteiger partial charge < -0.3 is 10.2 Å². The first-order chi connectivity index (χ1) is 14.8. The fourth-order valence-corrected chi connectivity index (χ4v) is 4.41. The van der Waals surface area contributed by atoms with E-state index in [0.717, 1.165) is 47.9 Å². The first kappa shape index (κ1) is 23.3. The van der Waals surface area contributed by atoms with Gasteiger partial charge in [-0.3, -0.25) is 9.59 Å². The van der Waals surface area contributed by atoms with Crippen LogP contribution in [0.3, 0.4) is 0 Å². The summed E-state index contributed by atoms with van der Waals surface area (Å²) in [7, 11) is 0. The van der Waals surface area contributed by atoms with Crippen LogP contribution in [0.25, 0.3) is 0 Å². The van der Waals surface area contributed by atoms with E-state index in [0.29, 0.717) is 11.6 Å². The predicted molar refractivity (Wildman–Crippen MR) is 126 cm³/mol. The molecule has 0 unspecified atom stereocenters. The number of nitrogens with one attached hydrogen (secondary N) is 1. The van der Waals surface area contributed by atoms with Crippen LogP contribution in [-0.4, -0.2) is 28.8 Å². The second-order valence-electron chi connectivity index (χ2n) is 8.74. The molecule has 1 saturated carbocycles. The van der Waals surface area contributed by atoms with Gasteiger partial charge >= 0.3 is 0 Å². The molecule has 0 radical (unpaired) electrons. The Morgan fingerprint density at radius 2 is 1.77 bits per heavy atom. The van der Waals surface area contributed by atoms with Gasteiger partial charge in [-0.05, 0) is 56.4 Å². The summed E-state index contributed by atoms with van der Waals surface area (Å²) in [4.78, 5) is 28.2. The van der Waals surface area contributed by atoms with Gasteiger partial charge in [-0.15, -0.1) is 0 Å². The number of hydrogen-bond donors (Lipinski definition) is 1. The summed E-state index contributed by atoms with van der Waals surface area (Å²) in [5.74, 6) is -0.159. The molecule has 1 aliphatic carbocycles. The van der Waals surface area contributed by atoms with Crippen molar-refractivity contribution in [3.8, 4) is 0 Å². The van der Waals surface area contributed by atoms with Crippen molar-refractivity contribution in [2.24, 2.45) is 0 Å². The maximum Gasteiger partial charge on any atom is 0.242 e. The highest BCUT2D eigenvalue weighted by Crippen LogP contribution is 2.22. The molecule has 1 N–H and O–H groups in total. The molecule has 0 saturated heterocycles. The monoisotopic (exact) mass is 440 g/mol. The molecule has 1 fully saturated rings. The zero-order valence-corrected chi connectivity index (χ0v) is 19.5. The summed E-state index contributed by atoms with van der Waals surface area (Å²) in [6.07, 6.45) is 5.81. The lowest BCUT2D eigenvalue weighted by Crippen LogP contribution is -2.50. The zero-order chi connectivity index (χ0) is 22.4. The lowest BCUT2D eigenvalue weighted by molar-refractivity contribution is -0.140. The van der Waals surface area contributed by atoms with Gasteiger partial charge in [0.2, 0.25) is 11.8 Å². The topological polar surface area (TPSA) is 49.4 Å². The van der Waals surface area contributed by atoms with E-state index in [9.17, 15) is 9.59 Å². The minimum atomic E-state index is -0.573. The molecule has 4 nitrogen and oxygen atoms in total. The lowest BCUT2D eigenvalue weighted by Gasteiger charge is -2.31. The van der Waals surface area contributed by atoms with Crippen molar-refractivity contribution < 1.29 is 9.59 Å². The van der Waals surface area contributed by atoms with Crippen LogP contribution in [-0.2, 0) is 22.6 Å². The summed E-state index contributed by atoms with van der Waals surface area (Å²) in [6.45, 7) is 6.16. The van der Waals surface area contributed by atoms with Crippen LogP contribution in [0, 0.1) is 13.8 Å². The van der Waals surface area contributed by atoms with Crippen LogP contribution in [0.15, 0.2) is 42.5 Å². The zero-order valence-electron chi connectivity index (χ0n) is 18.8. The Bertz CT molecular complexity index is 921. The van der Waals surface area contributed by atoms with E-state index in [1.54, 1.807) is 4.90 Å². The maximum atomic E-state index is 13.4. The Morgan fingerprint density at radius 1 is 1.06 bits per heavy atom. The average Bonchev–Trinajstić information content (AvgIpc) is 2.76. The van der Waals surface area contributed by atoms with Gasteiger partial charge in [0.25, 0.3) is 0 Å². The van der Waals surface area contributed by atoms with Gasteiger partial charge in [0.1, 0.15) is 6.04 Å². The Morgan fingerprint density at radius 3 is 2.48 bits per heavy atom. The van der Waals surface area contributed by atoms with Gasteiger partial charge in [-0.2, -0.15) is 0 Å². The molecule has 31 heavy (non-hydrogen) atoms. The van der Waals surface area contributed by atoms with E-state index in [2.05, 4.69) is 5.32 Å². The Balaban J connectivity index is 1.80. The molecule has 0 spiro atoms. The minimum Gasteiger partial charge on any atom is -0.352 e. The SMILES string of the molecule is Cc1ccc(C)c(CC(=O)N(Cc2ccccc2Cl)[C@H](C)C(=O)NC2CCCCC2)c1. The number of hydrogen-bond acceptors (Lipinski definition) is 2. The summed E-state index contributed by atoms with van der Waals surface area (Å²) in [5.41, 5.74) is 4.04. The quantitative estimate of drug-likeness (QED) is 0.629. The minimum absolute atomic E-state index is 0.0695. The predicted octanol–water partition coefficient (Wildman–Crippen LogP) is 5.37. The third-order valence-corrected chi connectivity index (χ3v) is 6.63. The smallest absolute Gasteiger partial charge is 0.242 e. The molecule has 1 atom stereocenters. The van der Waals surface area contributed by atoms with Gasteiger partial charge in [0, 0.05) is 17.6 Å². The van der Waals surface area contributed by atoms with E-state index in [4.69, 9.17) is 11.6 Å². The molecule has 2 aromatic rings. The van der Waals surface area contributed by atoms with Crippen LogP contribution < -0.4 is 5.32 Å². The van der Waals surface area contributed by atoms with Gasteiger partial charge in [0.05, 0.1) is 6.42 Å². The van der Waals surface area contributed by atoms with Crippen molar-refractivity contribution in [2.45, 2.75) is 77.9 Å². The third-order valence-electron chi connectivity index (χ3n) is 6.26. The van der Waals surface area contributed by atoms with E-state index in [-0.39, 0.29) is 24.3 Å². The molecule has 2 aromatic carbocycles. The number of halogens is 1. The van der Waals surface area contributed by atoms with Crippen molar-refractivity contribution in [2.75, 3.05) is 0 Å². The number of carbonyl (C=O) groups is 2. The number of amides is 2. The van der Waals surface area contributed by atoms with Crippen molar-refractivity contribution in [1.82, 2.24) is 10.2 Å². The van der Waals surface area contributed by atoms with E-state index >= 15 is 0 Å². The Kier molecular flexibility index (Phi) is 8.14.